The van der Waals surface area contributed by atoms with Gasteiger partial charge in [-0.15, -0.1) is 0 Å². The van der Waals surface area contributed by atoms with Crippen molar-refractivity contribution in [2.75, 3.05) is 0 Å². The number of Topliss-reactive ketones (excluding diaryl/α,β-unsaturated/α-hetero) is 1. The maximum absolute atomic E-state index is 12.2. The SMILES string of the molecule is Cc1nn(C)c(C)c1CCC(=O)c1ccc(Cl)c(Cl)c1. The first kappa shape index (κ1) is 15.1. The third-order valence-electron chi connectivity index (χ3n) is 3.50. The van der Waals surface area contributed by atoms with Gasteiger partial charge in [0.25, 0.3) is 0 Å². The highest BCUT2D eigenvalue weighted by Gasteiger charge is 2.13. The molecule has 0 amide bonds. The fraction of sp³-hybridized carbons (Fsp3) is 0.333. The van der Waals surface area contributed by atoms with Crippen molar-refractivity contribution in [2.45, 2.75) is 26.7 Å². The van der Waals surface area contributed by atoms with E-state index in [2.05, 4.69) is 5.10 Å². The summed E-state index contributed by atoms with van der Waals surface area (Å²) in [5.41, 5.74) is 3.82. The molecule has 0 aliphatic rings. The van der Waals surface area contributed by atoms with Crippen LogP contribution in [0.4, 0.5) is 0 Å². The van der Waals surface area contributed by atoms with Crippen molar-refractivity contribution in [3.8, 4) is 0 Å². The highest BCUT2D eigenvalue weighted by Crippen LogP contribution is 2.24. The molecule has 0 aliphatic heterocycles. The van der Waals surface area contributed by atoms with E-state index in [9.17, 15) is 4.79 Å². The summed E-state index contributed by atoms with van der Waals surface area (Å²) in [7, 11) is 1.91. The highest BCUT2D eigenvalue weighted by molar-refractivity contribution is 6.42. The topological polar surface area (TPSA) is 34.9 Å². The maximum atomic E-state index is 12.2. The lowest BCUT2D eigenvalue weighted by Crippen LogP contribution is -2.02. The Morgan fingerprint density at radius 2 is 1.95 bits per heavy atom. The van der Waals surface area contributed by atoms with E-state index in [0.29, 0.717) is 28.5 Å². The minimum absolute atomic E-state index is 0.0613. The van der Waals surface area contributed by atoms with E-state index < -0.39 is 0 Å². The number of aryl methyl sites for hydroxylation is 2. The zero-order chi connectivity index (χ0) is 14.9. The van der Waals surface area contributed by atoms with Crippen molar-refractivity contribution in [1.29, 1.82) is 0 Å². The second-order valence-electron chi connectivity index (χ2n) is 4.83. The van der Waals surface area contributed by atoms with Crippen molar-refractivity contribution in [2.24, 2.45) is 7.05 Å². The number of carbonyl (C=O) groups excluding carboxylic acids is 1. The first-order valence-corrected chi connectivity index (χ1v) is 7.13. The summed E-state index contributed by atoms with van der Waals surface area (Å²) in [5.74, 6) is 0.0613. The number of aromatic nitrogens is 2. The van der Waals surface area contributed by atoms with Crippen LogP contribution < -0.4 is 0 Å². The Kier molecular flexibility index (Phi) is 4.51. The molecule has 0 unspecified atom stereocenters. The van der Waals surface area contributed by atoms with Gasteiger partial charge in [0, 0.05) is 24.7 Å². The van der Waals surface area contributed by atoms with Gasteiger partial charge in [0.05, 0.1) is 15.7 Å². The molecule has 106 valence electrons. The van der Waals surface area contributed by atoms with Crippen LogP contribution in [0.2, 0.25) is 10.0 Å². The molecule has 0 spiro atoms. The summed E-state index contributed by atoms with van der Waals surface area (Å²) < 4.78 is 1.84. The molecular weight excluding hydrogens is 295 g/mol. The Morgan fingerprint density at radius 3 is 2.50 bits per heavy atom. The first-order chi connectivity index (χ1) is 9.40. The standard InChI is InChI=1S/C15H16Cl2N2O/c1-9-12(10(2)19(3)18-9)5-7-15(20)11-4-6-13(16)14(17)8-11/h4,6,8H,5,7H2,1-3H3. The van der Waals surface area contributed by atoms with Crippen LogP contribution in [-0.4, -0.2) is 15.6 Å². The van der Waals surface area contributed by atoms with Gasteiger partial charge in [0.2, 0.25) is 0 Å². The van der Waals surface area contributed by atoms with Gasteiger partial charge in [-0.25, -0.2) is 0 Å². The maximum Gasteiger partial charge on any atom is 0.163 e. The summed E-state index contributed by atoms with van der Waals surface area (Å²) in [6.07, 6.45) is 1.12. The molecular formula is C15H16Cl2N2O. The number of rotatable bonds is 4. The summed E-state index contributed by atoms with van der Waals surface area (Å²) in [6.45, 7) is 3.98. The minimum Gasteiger partial charge on any atom is -0.294 e. The summed E-state index contributed by atoms with van der Waals surface area (Å²) in [5, 5.41) is 5.22. The number of hydrogen-bond acceptors (Lipinski definition) is 2. The molecule has 0 fully saturated rings. The van der Waals surface area contributed by atoms with E-state index >= 15 is 0 Å². The zero-order valence-corrected chi connectivity index (χ0v) is 13.2. The normalized spacial score (nSPS) is 10.8. The van der Waals surface area contributed by atoms with Crippen LogP contribution in [-0.2, 0) is 13.5 Å². The van der Waals surface area contributed by atoms with Gasteiger partial charge < -0.3 is 0 Å². The van der Waals surface area contributed by atoms with Gasteiger partial charge >= 0.3 is 0 Å². The number of carbonyl (C=O) groups is 1. The summed E-state index contributed by atoms with van der Waals surface area (Å²) in [4.78, 5) is 12.2. The van der Waals surface area contributed by atoms with Crippen LogP contribution >= 0.6 is 23.2 Å². The van der Waals surface area contributed by atoms with Gasteiger partial charge in [0.15, 0.2) is 5.78 Å². The molecule has 3 nitrogen and oxygen atoms in total. The number of halogens is 2. The number of ketones is 1. The molecule has 0 radical (unpaired) electrons. The van der Waals surface area contributed by atoms with Gasteiger partial charge in [-0.05, 0) is 44.0 Å². The van der Waals surface area contributed by atoms with Crippen molar-refractivity contribution in [3.63, 3.8) is 0 Å². The predicted octanol–water partition coefficient (Wildman–Crippen LogP) is 4.16. The van der Waals surface area contributed by atoms with E-state index in [1.54, 1.807) is 18.2 Å². The third kappa shape index (κ3) is 3.05. The van der Waals surface area contributed by atoms with Crippen LogP contribution in [0.1, 0.15) is 33.7 Å². The van der Waals surface area contributed by atoms with E-state index in [4.69, 9.17) is 23.2 Å². The van der Waals surface area contributed by atoms with E-state index in [1.807, 2.05) is 25.6 Å². The first-order valence-electron chi connectivity index (χ1n) is 6.37. The molecule has 1 heterocycles. The Morgan fingerprint density at radius 1 is 1.25 bits per heavy atom. The Bertz CT molecular complexity index is 662. The third-order valence-corrected chi connectivity index (χ3v) is 4.24. The molecule has 20 heavy (non-hydrogen) atoms. The zero-order valence-electron chi connectivity index (χ0n) is 11.7. The second-order valence-corrected chi connectivity index (χ2v) is 5.64. The molecule has 0 atom stereocenters. The molecule has 0 saturated heterocycles. The Balaban J connectivity index is 2.10. The molecule has 2 rings (SSSR count). The van der Waals surface area contributed by atoms with E-state index in [-0.39, 0.29) is 5.78 Å². The number of nitrogens with zero attached hydrogens (tertiary/aromatic N) is 2. The van der Waals surface area contributed by atoms with Crippen molar-refractivity contribution in [3.05, 3.63) is 50.8 Å². The smallest absolute Gasteiger partial charge is 0.163 e. The Hall–Kier alpha value is -1.32. The average molecular weight is 311 g/mol. The molecule has 1 aromatic heterocycles. The lowest BCUT2D eigenvalue weighted by Gasteiger charge is -2.04. The average Bonchev–Trinajstić information content (AvgIpc) is 2.64. The molecule has 0 bridgehead atoms. The predicted molar refractivity (Wildman–Crippen MR) is 81.8 cm³/mol. The van der Waals surface area contributed by atoms with E-state index in [0.717, 1.165) is 17.0 Å². The quantitative estimate of drug-likeness (QED) is 0.795. The molecule has 2 aromatic rings. The number of benzene rings is 1. The van der Waals surface area contributed by atoms with Crippen molar-refractivity contribution in [1.82, 2.24) is 9.78 Å². The molecule has 1 aromatic carbocycles. The van der Waals surface area contributed by atoms with Gasteiger partial charge in [-0.3, -0.25) is 9.48 Å². The van der Waals surface area contributed by atoms with Crippen LogP contribution in [0.5, 0.6) is 0 Å². The molecule has 0 N–H and O–H groups in total. The second kappa shape index (κ2) is 5.98. The van der Waals surface area contributed by atoms with Gasteiger partial charge in [-0.2, -0.15) is 5.10 Å². The van der Waals surface area contributed by atoms with Crippen molar-refractivity contribution < 1.29 is 4.79 Å². The van der Waals surface area contributed by atoms with Gasteiger partial charge in [0.1, 0.15) is 0 Å². The molecule has 0 aliphatic carbocycles. The van der Waals surface area contributed by atoms with Crippen molar-refractivity contribution >= 4 is 29.0 Å². The molecule has 0 saturated carbocycles. The van der Waals surface area contributed by atoms with Crippen LogP contribution in [0.15, 0.2) is 18.2 Å². The summed E-state index contributed by atoms with van der Waals surface area (Å²) in [6, 6.07) is 4.98. The Labute approximate surface area is 128 Å². The highest BCUT2D eigenvalue weighted by atomic mass is 35.5. The molecule has 5 heteroatoms. The number of hydrogen-bond donors (Lipinski definition) is 0. The van der Waals surface area contributed by atoms with Crippen LogP contribution in [0.3, 0.4) is 0 Å². The fourth-order valence-electron chi connectivity index (χ4n) is 2.23. The van der Waals surface area contributed by atoms with Crippen LogP contribution in [0.25, 0.3) is 0 Å². The van der Waals surface area contributed by atoms with Gasteiger partial charge in [-0.1, -0.05) is 23.2 Å². The minimum atomic E-state index is 0.0613. The fourth-order valence-corrected chi connectivity index (χ4v) is 2.53. The van der Waals surface area contributed by atoms with E-state index in [1.165, 1.54) is 0 Å². The monoisotopic (exact) mass is 310 g/mol. The van der Waals surface area contributed by atoms with Crippen LogP contribution in [0, 0.1) is 13.8 Å². The largest absolute Gasteiger partial charge is 0.294 e. The lowest BCUT2D eigenvalue weighted by molar-refractivity contribution is 0.0983. The lowest BCUT2D eigenvalue weighted by atomic mass is 10.0. The summed E-state index contributed by atoms with van der Waals surface area (Å²) >= 11 is 11.8.